The number of nitrogens with zero attached hydrogens (tertiary/aromatic N) is 2. The molecule has 11 heteroatoms. The monoisotopic (exact) mass is 412 g/mol. The number of sulfone groups is 1. The Morgan fingerprint density at radius 2 is 2.19 bits per heavy atom. The van der Waals surface area contributed by atoms with Gasteiger partial charge in [-0.05, 0) is 27.5 Å². The molecule has 0 fully saturated rings. The van der Waals surface area contributed by atoms with Gasteiger partial charge in [0.05, 0.1) is 17.1 Å². The fourth-order valence-electron chi connectivity index (χ4n) is 1.37. The summed E-state index contributed by atoms with van der Waals surface area (Å²) in [6.07, 6.45) is 2.61. The second-order valence-corrected chi connectivity index (χ2v) is 9.24. The van der Waals surface area contributed by atoms with Gasteiger partial charge in [0, 0.05) is 6.26 Å². The first-order valence-corrected chi connectivity index (χ1v) is 9.61. The summed E-state index contributed by atoms with van der Waals surface area (Å²) in [6.45, 7) is 0.0766. The second kappa shape index (κ2) is 6.38. The molecule has 0 N–H and O–H groups in total. The Labute approximate surface area is 137 Å². The minimum Gasteiger partial charge on any atom is -0.469 e. The molecule has 0 amide bonds. The highest BCUT2D eigenvalue weighted by molar-refractivity contribution is 9.11. The molecule has 2 heterocycles. The first-order valence-electron chi connectivity index (χ1n) is 5.34. The minimum absolute atomic E-state index is 0.0707. The fourth-order valence-corrected chi connectivity index (χ4v) is 4.35. The fraction of sp³-hybridized carbons (Fsp3) is 0.300. The Bertz CT molecular complexity index is 768. The van der Waals surface area contributed by atoms with Gasteiger partial charge in [0.2, 0.25) is 5.88 Å². The summed E-state index contributed by atoms with van der Waals surface area (Å²) >= 11 is 5.31. The van der Waals surface area contributed by atoms with E-state index >= 15 is 0 Å². The Morgan fingerprint density at radius 1 is 1.48 bits per heavy atom. The lowest BCUT2D eigenvalue weighted by Crippen LogP contribution is -2.09. The molecule has 0 aliphatic heterocycles. The molecule has 0 radical (unpaired) electrons. The third-order valence-corrected chi connectivity index (χ3v) is 6.30. The van der Waals surface area contributed by atoms with Crippen molar-refractivity contribution in [1.29, 1.82) is 0 Å². The number of carbonyl (C=O) groups excluding carboxylic acids is 1. The largest absolute Gasteiger partial charge is 0.469 e. The van der Waals surface area contributed by atoms with Gasteiger partial charge in [-0.25, -0.2) is 18.2 Å². The number of halogens is 1. The molecular weight excluding hydrogens is 404 g/mol. The van der Waals surface area contributed by atoms with Gasteiger partial charge in [0.25, 0.3) is 0 Å². The topological polar surface area (TPSA) is 95.4 Å². The van der Waals surface area contributed by atoms with Gasteiger partial charge in [0.15, 0.2) is 19.6 Å². The third-order valence-electron chi connectivity index (χ3n) is 2.21. The molecule has 0 aromatic carbocycles. The van der Waals surface area contributed by atoms with Crippen LogP contribution in [-0.2, 0) is 21.2 Å². The van der Waals surface area contributed by atoms with Crippen LogP contribution in [0, 0.1) is 0 Å². The van der Waals surface area contributed by atoms with E-state index in [0.29, 0.717) is 16.5 Å². The summed E-state index contributed by atoms with van der Waals surface area (Å²) in [7, 11) is -2.43. The number of aromatic nitrogens is 2. The molecule has 114 valence electrons. The Kier molecular flexibility index (Phi) is 4.96. The van der Waals surface area contributed by atoms with Crippen LogP contribution >= 0.6 is 38.8 Å². The standard InChI is InChI=1S/C10H9BrN2O5S3/c1-17-9(14)7-8(13-20-10(7)21(2,15)16)18-4-6-12-3-5(11)19-6/h3H,4H2,1-2H3. The van der Waals surface area contributed by atoms with Gasteiger partial charge in [-0.3, -0.25) is 0 Å². The van der Waals surface area contributed by atoms with E-state index in [1.54, 1.807) is 6.20 Å². The molecule has 2 aromatic rings. The van der Waals surface area contributed by atoms with E-state index in [0.717, 1.165) is 17.2 Å². The molecular formula is C10H9BrN2O5S3. The Morgan fingerprint density at radius 3 is 2.71 bits per heavy atom. The molecule has 0 bridgehead atoms. The van der Waals surface area contributed by atoms with Crippen molar-refractivity contribution in [2.24, 2.45) is 0 Å². The Balaban J connectivity index is 2.31. The van der Waals surface area contributed by atoms with E-state index < -0.39 is 15.8 Å². The lowest BCUT2D eigenvalue weighted by atomic mass is 10.3. The van der Waals surface area contributed by atoms with Crippen LogP contribution in [0.4, 0.5) is 0 Å². The maximum absolute atomic E-state index is 11.8. The normalized spacial score (nSPS) is 11.4. The number of carbonyl (C=O) groups is 1. The van der Waals surface area contributed by atoms with Crippen molar-refractivity contribution in [3.05, 3.63) is 20.6 Å². The Hall–Kier alpha value is -1.04. The molecule has 21 heavy (non-hydrogen) atoms. The van der Waals surface area contributed by atoms with Crippen molar-refractivity contribution in [2.75, 3.05) is 13.4 Å². The average molecular weight is 413 g/mol. The lowest BCUT2D eigenvalue weighted by Gasteiger charge is -2.04. The molecule has 2 rings (SSSR count). The number of esters is 1. The van der Waals surface area contributed by atoms with Gasteiger partial charge in [-0.15, -0.1) is 11.3 Å². The van der Waals surface area contributed by atoms with E-state index in [-0.39, 0.29) is 22.3 Å². The van der Waals surface area contributed by atoms with Gasteiger partial charge in [-0.2, -0.15) is 4.37 Å². The smallest absolute Gasteiger partial charge is 0.345 e. The first kappa shape index (κ1) is 16.3. The quantitative estimate of drug-likeness (QED) is 0.693. The van der Waals surface area contributed by atoms with E-state index in [1.165, 1.54) is 11.3 Å². The third kappa shape index (κ3) is 3.78. The molecule has 0 aliphatic rings. The van der Waals surface area contributed by atoms with Crippen LogP contribution in [0.1, 0.15) is 15.4 Å². The number of hydrogen-bond donors (Lipinski definition) is 0. The van der Waals surface area contributed by atoms with Crippen LogP contribution in [0.3, 0.4) is 0 Å². The highest BCUT2D eigenvalue weighted by Crippen LogP contribution is 2.31. The summed E-state index contributed by atoms with van der Waals surface area (Å²) < 4.78 is 37.8. The lowest BCUT2D eigenvalue weighted by molar-refractivity contribution is 0.0591. The molecule has 0 saturated carbocycles. The van der Waals surface area contributed by atoms with Gasteiger partial charge in [-0.1, -0.05) is 0 Å². The van der Waals surface area contributed by atoms with E-state index in [4.69, 9.17) is 4.74 Å². The van der Waals surface area contributed by atoms with Crippen molar-refractivity contribution < 1.29 is 22.7 Å². The van der Waals surface area contributed by atoms with Crippen molar-refractivity contribution in [3.63, 3.8) is 0 Å². The molecule has 7 nitrogen and oxygen atoms in total. The number of thiazole rings is 1. The summed E-state index contributed by atoms with van der Waals surface area (Å²) in [6, 6.07) is 0. The zero-order valence-electron chi connectivity index (χ0n) is 10.8. The molecule has 0 unspecified atom stereocenters. The summed E-state index contributed by atoms with van der Waals surface area (Å²) in [5, 5.41) is 0.659. The molecule has 0 atom stereocenters. The maximum Gasteiger partial charge on any atom is 0.345 e. The van der Waals surface area contributed by atoms with E-state index in [2.05, 4.69) is 30.0 Å². The van der Waals surface area contributed by atoms with Crippen molar-refractivity contribution in [3.8, 4) is 5.88 Å². The van der Waals surface area contributed by atoms with E-state index in [1.807, 2.05) is 0 Å². The molecule has 0 spiro atoms. The second-order valence-electron chi connectivity index (χ2n) is 3.76. The zero-order chi connectivity index (χ0) is 15.6. The van der Waals surface area contributed by atoms with E-state index in [9.17, 15) is 13.2 Å². The van der Waals surface area contributed by atoms with Crippen molar-refractivity contribution >= 4 is 54.6 Å². The predicted octanol–water partition coefficient (Wildman–Crippen LogP) is 2.13. The first-order chi connectivity index (χ1) is 9.82. The van der Waals surface area contributed by atoms with Crippen molar-refractivity contribution in [1.82, 2.24) is 9.36 Å². The molecule has 0 saturated heterocycles. The van der Waals surface area contributed by atoms with Crippen LogP contribution in [0.25, 0.3) is 0 Å². The number of methoxy groups -OCH3 is 1. The predicted molar refractivity (Wildman–Crippen MR) is 80.7 cm³/mol. The van der Waals surface area contributed by atoms with Crippen LogP contribution in [0.2, 0.25) is 0 Å². The molecule has 2 aromatic heterocycles. The number of ether oxygens (including phenoxy) is 2. The minimum atomic E-state index is -3.59. The summed E-state index contributed by atoms with van der Waals surface area (Å²) in [5.41, 5.74) is -0.180. The van der Waals surface area contributed by atoms with Crippen LogP contribution in [0.15, 0.2) is 14.2 Å². The highest BCUT2D eigenvalue weighted by Gasteiger charge is 2.29. The van der Waals surface area contributed by atoms with Crippen LogP contribution < -0.4 is 4.74 Å². The van der Waals surface area contributed by atoms with Gasteiger partial charge in [0.1, 0.15) is 11.6 Å². The zero-order valence-corrected chi connectivity index (χ0v) is 14.9. The van der Waals surface area contributed by atoms with Gasteiger partial charge < -0.3 is 9.47 Å². The van der Waals surface area contributed by atoms with Crippen LogP contribution in [-0.4, -0.2) is 37.1 Å². The van der Waals surface area contributed by atoms with Crippen LogP contribution in [0.5, 0.6) is 5.88 Å². The molecule has 0 aliphatic carbocycles. The maximum atomic E-state index is 11.8. The number of rotatable bonds is 5. The highest BCUT2D eigenvalue weighted by atomic mass is 79.9. The summed E-state index contributed by atoms with van der Waals surface area (Å²) in [5.74, 6) is -0.877. The SMILES string of the molecule is COC(=O)c1c(OCc2ncc(Br)s2)nsc1S(C)(=O)=O. The van der Waals surface area contributed by atoms with Crippen molar-refractivity contribution in [2.45, 2.75) is 10.8 Å². The van der Waals surface area contributed by atoms with Gasteiger partial charge >= 0.3 is 5.97 Å². The average Bonchev–Trinajstić information content (AvgIpc) is 3.00. The summed E-state index contributed by atoms with van der Waals surface area (Å²) in [4.78, 5) is 15.8. The number of hydrogen-bond acceptors (Lipinski definition) is 9.